The van der Waals surface area contributed by atoms with E-state index < -0.39 is 23.9 Å². The quantitative estimate of drug-likeness (QED) is 0.339. The van der Waals surface area contributed by atoms with Crippen LogP contribution in [0, 0.1) is 5.41 Å². The van der Waals surface area contributed by atoms with Crippen LogP contribution in [0.3, 0.4) is 0 Å². The third-order valence-corrected chi connectivity index (χ3v) is 12.7. The topological polar surface area (TPSA) is 55.8 Å². The molecular weight excluding hydrogens is 423 g/mol. The van der Waals surface area contributed by atoms with Crippen molar-refractivity contribution in [2.45, 2.75) is 88.7 Å². The minimum atomic E-state index is -5.57. The van der Waals surface area contributed by atoms with Crippen molar-refractivity contribution < 1.29 is 30.2 Å². The first-order valence-electron chi connectivity index (χ1n) is 10.2. The fourth-order valence-corrected chi connectivity index (χ4v) is 6.26. The van der Waals surface area contributed by atoms with Gasteiger partial charge in [-0.25, -0.2) is 0 Å². The van der Waals surface area contributed by atoms with Crippen LogP contribution in [-0.4, -0.2) is 52.4 Å². The molecule has 1 spiro atoms. The van der Waals surface area contributed by atoms with Gasteiger partial charge in [0.05, 0.1) is 0 Å². The van der Waals surface area contributed by atoms with Crippen molar-refractivity contribution in [3.05, 3.63) is 11.8 Å². The standard InChI is InChI=1S/C19H32F3NO4SSi/c1-17(2,3)29(4,5)27-16-12-18(13-16)10-14(11-18)23-8-6-15(7-9-23)26-28(24,25)19(20,21)22/h6,14,16H,7-13H2,1-5H3. The predicted octanol–water partition coefficient (Wildman–Crippen LogP) is 4.78. The lowest BCUT2D eigenvalue weighted by Crippen LogP contribution is -2.60. The summed E-state index contributed by atoms with van der Waals surface area (Å²) in [4.78, 5) is 2.21. The van der Waals surface area contributed by atoms with Gasteiger partial charge in [-0.05, 0) is 55.3 Å². The first-order chi connectivity index (χ1) is 13.0. The van der Waals surface area contributed by atoms with E-state index in [1.165, 1.54) is 6.08 Å². The van der Waals surface area contributed by atoms with Crippen LogP contribution in [0.15, 0.2) is 11.8 Å². The van der Waals surface area contributed by atoms with E-state index in [2.05, 4.69) is 42.9 Å². The van der Waals surface area contributed by atoms with E-state index in [-0.39, 0.29) is 17.2 Å². The van der Waals surface area contributed by atoms with Gasteiger partial charge in [-0.15, -0.1) is 0 Å². The van der Waals surface area contributed by atoms with E-state index in [0.717, 1.165) is 25.7 Å². The highest BCUT2D eigenvalue weighted by Crippen LogP contribution is 2.59. The van der Waals surface area contributed by atoms with Crippen LogP contribution in [0.5, 0.6) is 0 Å². The van der Waals surface area contributed by atoms with Gasteiger partial charge in [-0.2, -0.15) is 21.6 Å². The first kappa shape index (κ1) is 23.1. The van der Waals surface area contributed by atoms with Gasteiger partial charge < -0.3 is 8.61 Å². The fraction of sp³-hybridized carbons (Fsp3) is 0.895. The molecule has 0 N–H and O–H groups in total. The highest BCUT2D eigenvalue weighted by atomic mass is 32.2. The smallest absolute Gasteiger partial charge is 0.414 e. The van der Waals surface area contributed by atoms with Crippen LogP contribution in [0.2, 0.25) is 18.1 Å². The molecule has 10 heteroatoms. The minimum absolute atomic E-state index is 0.112. The Hall–Kier alpha value is -0.583. The molecule has 0 aromatic rings. The van der Waals surface area contributed by atoms with Gasteiger partial charge >= 0.3 is 15.6 Å². The molecule has 0 aromatic heterocycles. The molecule has 0 bridgehead atoms. The zero-order chi connectivity index (χ0) is 21.9. The highest BCUT2D eigenvalue weighted by Gasteiger charge is 2.56. The molecule has 0 aromatic carbocycles. The molecule has 168 valence electrons. The number of alkyl halides is 3. The lowest BCUT2D eigenvalue weighted by molar-refractivity contribution is -0.116. The van der Waals surface area contributed by atoms with Gasteiger partial charge in [0, 0.05) is 31.7 Å². The summed E-state index contributed by atoms with van der Waals surface area (Å²) in [6, 6.07) is 0.404. The predicted molar refractivity (Wildman–Crippen MR) is 107 cm³/mol. The first-order valence-corrected chi connectivity index (χ1v) is 14.5. The number of nitrogens with zero attached hydrogens (tertiary/aromatic N) is 1. The van der Waals surface area contributed by atoms with E-state index >= 15 is 0 Å². The van der Waals surface area contributed by atoms with Crippen LogP contribution >= 0.6 is 0 Å². The lowest BCUT2D eigenvalue weighted by Gasteiger charge is -2.61. The van der Waals surface area contributed by atoms with Gasteiger partial charge in [-0.3, -0.25) is 4.90 Å². The second-order valence-corrected chi connectivity index (χ2v) is 16.7. The average molecular weight is 456 g/mol. The second-order valence-electron chi connectivity index (χ2n) is 10.4. The summed E-state index contributed by atoms with van der Waals surface area (Å²) in [5, 5.41) is 0.206. The molecule has 0 unspecified atom stereocenters. The third-order valence-electron chi connectivity index (χ3n) is 7.14. The Morgan fingerprint density at radius 3 is 2.17 bits per heavy atom. The van der Waals surface area contributed by atoms with Crippen molar-refractivity contribution in [1.29, 1.82) is 0 Å². The van der Waals surface area contributed by atoms with Crippen molar-refractivity contribution in [1.82, 2.24) is 4.90 Å². The molecule has 0 saturated heterocycles. The molecule has 3 aliphatic rings. The zero-order valence-electron chi connectivity index (χ0n) is 17.8. The molecule has 0 atom stereocenters. The van der Waals surface area contributed by atoms with Crippen LogP contribution in [-0.2, 0) is 18.7 Å². The molecule has 2 fully saturated rings. The van der Waals surface area contributed by atoms with E-state index in [0.29, 0.717) is 30.7 Å². The van der Waals surface area contributed by atoms with Crippen LogP contribution < -0.4 is 0 Å². The Kier molecular flexibility index (Phi) is 5.76. The van der Waals surface area contributed by atoms with Crippen molar-refractivity contribution in [2.24, 2.45) is 5.41 Å². The molecule has 5 nitrogen and oxygen atoms in total. The van der Waals surface area contributed by atoms with E-state index in [1.807, 2.05) is 0 Å². The van der Waals surface area contributed by atoms with Crippen molar-refractivity contribution in [3.63, 3.8) is 0 Å². The molecule has 2 aliphatic carbocycles. The maximum atomic E-state index is 12.4. The number of hydrogen-bond donors (Lipinski definition) is 0. The molecular formula is C19H32F3NO4SSi. The Morgan fingerprint density at radius 2 is 1.72 bits per heavy atom. The third kappa shape index (κ3) is 4.70. The maximum Gasteiger partial charge on any atom is 0.534 e. The highest BCUT2D eigenvalue weighted by molar-refractivity contribution is 7.87. The maximum absolute atomic E-state index is 12.4. The SMILES string of the molecule is CC(C)(C)[Si](C)(C)OC1CC2(C1)CC(N1CC=C(OS(=O)(=O)C(F)(F)F)CC1)C2. The molecule has 3 rings (SSSR count). The fourth-order valence-electron chi connectivity index (χ4n) is 4.38. The van der Waals surface area contributed by atoms with Crippen LogP contribution in [0.25, 0.3) is 0 Å². The summed E-state index contributed by atoms with van der Waals surface area (Å²) < 4.78 is 70.3. The van der Waals surface area contributed by atoms with Crippen molar-refractivity contribution >= 4 is 18.4 Å². The number of halogens is 3. The normalized spacial score (nSPS) is 31.8. The van der Waals surface area contributed by atoms with Gasteiger partial charge in [0.25, 0.3) is 0 Å². The van der Waals surface area contributed by atoms with Crippen LogP contribution in [0.1, 0.15) is 52.9 Å². The van der Waals surface area contributed by atoms with Gasteiger partial charge in [-0.1, -0.05) is 20.8 Å². The summed E-state index contributed by atoms with van der Waals surface area (Å²) in [6.07, 6.45) is 6.34. The zero-order valence-corrected chi connectivity index (χ0v) is 19.6. The van der Waals surface area contributed by atoms with E-state index in [9.17, 15) is 21.6 Å². The Balaban J connectivity index is 1.44. The van der Waals surface area contributed by atoms with Crippen molar-refractivity contribution in [3.8, 4) is 0 Å². The monoisotopic (exact) mass is 455 g/mol. The molecule has 29 heavy (non-hydrogen) atoms. The molecule has 0 radical (unpaired) electrons. The lowest BCUT2D eigenvalue weighted by atomic mass is 9.52. The molecule has 2 saturated carbocycles. The van der Waals surface area contributed by atoms with Crippen LogP contribution in [0.4, 0.5) is 13.2 Å². The number of rotatable bonds is 5. The Morgan fingerprint density at radius 1 is 1.14 bits per heavy atom. The molecule has 1 aliphatic heterocycles. The van der Waals surface area contributed by atoms with E-state index in [1.54, 1.807) is 0 Å². The van der Waals surface area contributed by atoms with Crippen molar-refractivity contribution in [2.75, 3.05) is 13.1 Å². The van der Waals surface area contributed by atoms with Gasteiger partial charge in [0.1, 0.15) is 5.76 Å². The summed E-state index contributed by atoms with van der Waals surface area (Å²) in [5.74, 6) is -0.112. The largest absolute Gasteiger partial charge is 0.534 e. The summed E-state index contributed by atoms with van der Waals surface area (Å²) >= 11 is 0. The van der Waals surface area contributed by atoms with Gasteiger partial charge in [0.2, 0.25) is 0 Å². The number of hydrogen-bond acceptors (Lipinski definition) is 5. The Labute approximate surface area is 172 Å². The Bertz CT molecular complexity index is 759. The molecule has 1 heterocycles. The summed E-state index contributed by atoms with van der Waals surface area (Å²) in [7, 11) is -7.31. The second kappa shape index (κ2) is 7.24. The summed E-state index contributed by atoms with van der Waals surface area (Å²) in [6.45, 7) is 12.2. The van der Waals surface area contributed by atoms with E-state index in [4.69, 9.17) is 4.43 Å². The average Bonchev–Trinajstić information content (AvgIpc) is 2.46. The van der Waals surface area contributed by atoms with Gasteiger partial charge in [0.15, 0.2) is 8.32 Å². The minimum Gasteiger partial charge on any atom is -0.414 e. The molecule has 0 amide bonds. The summed E-state index contributed by atoms with van der Waals surface area (Å²) in [5.41, 5.74) is -5.03.